The molecule has 0 unspecified atom stereocenters. The molecule has 0 bridgehead atoms. The van der Waals surface area contributed by atoms with Crippen molar-refractivity contribution in [3.05, 3.63) is 54.1 Å². The van der Waals surface area contributed by atoms with Crippen molar-refractivity contribution in [1.29, 1.82) is 0 Å². The number of anilines is 3. The summed E-state index contributed by atoms with van der Waals surface area (Å²) in [6.45, 7) is 0.992. The fourth-order valence-electron chi connectivity index (χ4n) is 1.92. The first kappa shape index (κ1) is 17.0. The Morgan fingerprint density at radius 2 is 1.62 bits per heavy atom. The van der Waals surface area contributed by atoms with Crippen molar-refractivity contribution in [3.63, 3.8) is 0 Å². The SMILES string of the molecule is CC(=O)Nc1ccc(NC(=O)COC(=O)c2cccc(N)c2)cc1. The van der Waals surface area contributed by atoms with E-state index in [-0.39, 0.29) is 11.5 Å². The van der Waals surface area contributed by atoms with Gasteiger partial charge in [0.2, 0.25) is 5.91 Å². The summed E-state index contributed by atoms with van der Waals surface area (Å²) in [7, 11) is 0. The van der Waals surface area contributed by atoms with Crippen molar-refractivity contribution in [1.82, 2.24) is 0 Å². The standard InChI is InChI=1S/C17H17N3O4/c1-11(21)19-14-5-7-15(8-6-14)20-16(22)10-24-17(23)12-3-2-4-13(18)9-12/h2-9H,10,18H2,1H3,(H,19,21)(H,20,22). The van der Waals surface area contributed by atoms with Crippen molar-refractivity contribution in [3.8, 4) is 0 Å². The lowest BCUT2D eigenvalue weighted by Gasteiger charge is -2.08. The first-order valence-corrected chi connectivity index (χ1v) is 7.14. The van der Waals surface area contributed by atoms with Crippen LogP contribution in [0.15, 0.2) is 48.5 Å². The topological polar surface area (TPSA) is 111 Å². The van der Waals surface area contributed by atoms with E-state index in [1.165, 1.54) is 13.0 Å². The van der Waals surface area contributed by atoms with Gasteiger partial charge >= 0.3 is 5.97 Å². The van der Waals surface area contributed by atoms with Crippen molar-refractivity contribution in [2.24, 2.45) is 0 Å². The number of carbonyl (C=O) groups is 3. The molecule has 24 heavy (non-hydrogen) atoms. The lowest BCUT2D eigenvalue weighted by Crippen LogP contribution is -2.21. The molecule has 0 aromatic heterocycles. The molecule has 0 aliphatic heterocycles. The summed E-state index contributed by atoms with van der Waals surface area (Å²) >= 11 is 0. The Bertz CT molecular complexity index is 757. The summed E-state index contributed by atoms with van der Waals surface area (Å²) < 4.78 is 4.93. The molecule has 0 saturated heterocycles. The maximum absolute atomic E-state index is 11.8. The predicted molar refractivity (Wildman–Crippen MR) is 90.5 cm³/mol. The maximum atomic E-state index is 11.8. The maximum Gasteiger partial charge on any atom is 0.338 e. The van der Waals surface area contributed by atoms with Gasteiger partial charge in [0.05, 0.1) is 5.56 Å². The minimum absolute atomic E-state index is 0.180. The van der Waals surface area contributed by atoms with Crippen molar-refractivity contribution in [2.45, 2.75) is 6.92 Å². The Kier molecular flexibility index (Phi) is 5.51. The fraction of sp³-hybridized carbons (Fsp3) is 0.118. The summed E-state index contributed by atoms with van der Waals surface area (Å²) in [5.74, 6) is -1.28. The zero-order chi connectivity index (χ0) is 17.5. The molecule has 0 spiro atoms. The number of nitrogen functional groups attached to an aromatic ring is 1. The molecule has 4 N–H and O–H groups in total. The number of ether oxygens (including phenoxy) is 1. The van der Waals surface area contributed by atoms with Gasteiger partial charge in [-0.15, -0.1) is 0 Å². The van der Waals surface area contributed by atoms with Crippen LogP contribution in [-0.2, 0) is 14.3 Å². The molecule has 0 aliphatic rings. The molecular formula is C17H17N3O4. The van der Waals surface area contributed by atoms with Crippen LogP contribution in [0.3, 0.4) is 0 Å². The first-order valence-electron chi connectivity index (χ1n) is 7.14. The van der Waals surface area contributed by atoms with Crippen molar-refractivity contribution in [2.75, 3.05) is 23.0 Å². The van der Waals surface area contributed by atoms with E-state index in [0.717, 1.165) is 0 Å². The molecular weight excluding hydrogens is 310 g/mol. The monoisotopic (exact) mass is 327 g/mol. The van der Waals surface area contributed by atoms with Gasteiger partial charge in [-0.05, 0) is 42.5 Å². The van der Waals surface area contributed by atoms with Crippen LogP contribution in [0.25, 0.3) is 0 Å². The van der Waals surface area contributed by atoms with Crippen LogP contribution in [-0.4, -0.2) is 24.4 Å². The van der Waals surface area contributed by atoms with Gasteiger partial charge in [0, 0.05) is 24.0 Å². The highest BCUT2D eigenvalue weighted by molar-refractivity contribution is 5.96. The third-order valence-electron chi connectivity index (χ3n) is 2.95. The van der Waals surface area contributed by atoms with Crippen LogP contribution < -0.4 is 16.4 Å². The number of carbonyl (C=O) groups excluding carboxylic acids is 3. The van der Waals surface area contributed by atoms with Gasteiger partial charge in [0.25, 0.3) is 5.91 Å². The minimum atomic E-state index is -0.626. The lowest BCUT2D eigenvalue weighted by molar-refractivity contribution is -0.119. The Hall–Kier alpha value is -3.35. The number of nitrogens with two attached hydrogens (primary N) is 1. The number of amides is 2. The Balaban J connectivity index is 1.84. The molecule has 0 aliphatic carbocycles. The van der Waals surface area contributed by atoms with E-state index in [4.69, 9.17) is 10.5 Å². The quantitative estimate of drug-likeness (QED) is 0.575. The Morgan fingerprint density at radius 1 is 1.00 bits per heavy atom. The second kappa shape index (κ2) is 7.77. The number of esters is 1. The van der Waals surface area contributed by atoms with Crippen LogP contribution in [0.1, 0.15) is 17.3 Å². The summed E-state index contributed by atoms with van der Waals surface area (Å²) in [5, 5.41) is 5.20. The summed E-state index contributed by atoms with van der Waals surface area (Å²) in [5.41, 5.74) is 7.44. The van der Waals surface area contributed by atoms with E-state index in [2.05, 4.69) is 10.6 Å². The highest BCUT2D eigenvalue weighted by Gasteiger charge is 2.10. The number of hydrogen-bond acceptors (Lipinski definition) is 5. The smallest absolute Gasteiger partial charge is 0.338 e. The fourth-order valence-corrected chi connectivity index (χ4v) is 1.92. The highest BCUT2D eigenvalue weighted by Crippen LogP contribution is 2.13. The average Bonchev–Trinajstić information content (AvgIpc) is 2.54. The highest BCUT2D eigenvalue weighted by atomic mass is 16.5. The molecule has 124 valence electrons. The van der Waals surface area contributed by atoms with Gasteiger partial charge in [-0.3, -0.25) is 9.59 Å². The van der Waals surface area contributed by atoms with E-state index in [1.807, 2.05) is 0 Å². The average molecular weight is 327 g/mol. The van der Waals surface area contributed by atoms with Gasteiger partial charge in [-0.1, -0.05) is 6.07 Å². The third kappa shape index (κ3) is 5.13. The van der Waals surface area contributed by atoms with Crippen LogP contribution in [0.5, 0.6) is 0 Å². The number of rotatable bonds is 5. The van der Waals surface area contributed by atoms with Crippen molar-refractivity contribution < 1.29 is 19.1 Å². The summed E-state index contributed by atoms with van der Waals surface area (Å²) in [6, 6.07) is 12.9. The van der Waals surface area contributed by atoms with Crippen molar-refractivity contribution >= 4 is 34.8 Å². The summed E-state index contributed by atoms with van der Waals surface area (Å²) in [6.07, 6.45) is 0. The van der Waals surface area contributed by atoms with Crippen LogP contribution in [0.2, 0.25) is 0 Å². The molecule has 2 rings (SSSR count). The third-order valence-corrected chi connectivity index (χ3v) is 2.95. The van der Waals surface area contributed by atoms with Crippen LogP contribution in [0.4, 0.5) is 17.1 Å². The molecule has 0 fully saturated rings. The molecule has 0 saturated carbocycles. The molecule has 2 aromatic carbocycles. The number of benzene rings is 2. The number of nitrogens with one attached hydrogen (secondary N) is 2. The molecule has 0 heterocycles. The zero-order valence-electron chi connectivity index (χ0n) is 13.0. The molecule has 0 atom stereocenters. The molecule has 2 amide bonds. The van der Waals surface area contributed by atoms with Gasteiger partial charge < -0.3 is 21.1 Å². The lowest BCUT2D eigenvalue weighted by atomic mass is 10.2. The van der Waals surface area contributed by atoms with Gasteiger partial charge in [-0.25, -0.2) is 4.79 Å². The largest absolute Gasteiger partial charge is 0.452 e. The number of hydrogen-bond donors (Lipinski definition) is 3. The molecule has 0 radical (unpaired) electrons. The van der Waals surface area contributed by atoms with E-state index >= 15 is 0 Å². The predicted octanol–water partition coefficient (Wildman–Crippen LogP) is 2.02. The zero-order valence-corrected chi connectivity index (χ0v) is 13.0. The molecule has 7 heteroatoms. The van der Waals surface area contributed by atoms with Crippen LogP contribution >= 0.6 is 0 Å². The molecule has 2 aromatic rings. The van der Waals surface area contributed by atoms with E-state index < -0.39 is 18.5 Å². The molecule has 7 nitrogen and oxygen atoms in total. The minimum Gasteiger partial charge on any atom is -0.452 e. The Labute approximate surface area is 138 Å². The van der Waals surface area contributed by atoms with Gasteiger partial charge in [0.1, 0.15) is 0 Å². The Morgan fingerprint density at radius 3 is 2.21 bits per heavy atom. The van der Waals surface area contributed by atoms with E-state index in [0.29, 0.717) is 17.1 Å². The second-order valence-corrected chi connectivity index (χ2v) is 5.01. The second-order valence-electron chi connectivity index (χ2n) is 5.01. The van der Waals surface area contributed by atoms with E-state index in [9.17, 15) is 14.4 Å². The normalized spacial score (nSPS) is 9.88. The first-order chi connectivity index (χ1) is 11.4. The van der Waals surface area contributed by atoms with Gasteiger partial charge in [0.15, 0.2) is 6.61 Å². The van der Waals surface area contributed by atoms with Gasteiger partial charge in [-0.2, -0.15) is 0 Å². The van der Waals surface area contributed by atoms with Crippen LogP contribution in [0, 0.1) is 0 Å². The van der Waals surface area contributed by atoms with E-state index in [1.54, 1.807) is 42.5 Å². The summed E-state index contributed by atoms with van der Waals surface area (Å²) in [4.78, 5) is 34.5.